The second-order valence-electron chi connectivity index (χ2n) is 5.54. The zero-order valence-electron chi connectivity index (χ0n) is 14.5. The standard InChI is InChI=1S/C19H25N3O2/c1-4-20-19(21-12-15-7-5-14(2)6-8-15)22-13-16-9-10-18(24-3)17(23)11-16/h5-11,23H,4,12-13H2,1-3H3,(H2,20,21,22). The number of methoxy groups -OCH3 is 1. The smallest absolute Gasteiger partial charge is 0.191 e. The van der Waals surface area contributed by atoms with Crippen molar-refractivity contribution in [3.63, 3.8) is 0 Å². The molecule has 0 bridgehead atoms. The van der Waals surface area contributed by atoms with Crippen molar-refractivity contribution < 1.29 is 9.84 Å². The summed E-state index contributed by atoms with van der Waals surface area (Å²) in [5.74, 6) is 1.34. The summed E-state index contributed by atoms with van der Waals surface area (Å²) in [6.07, 6.45) is 0. The highest BCUT2D eigenvalue weighted by atomic mass is 16.5. The van der Waals surface area contributed by atoms with Gasteiger partial charge in [0.25, 0.3) is 0 Å². The van der Waals surface area contributed by atoms with E-state index in [1.807, 2.05) is 13.0 Å². The SMILES string of the molecule is CCNC(=NCc1ccc(OC)c(O)c1)NCc1ccc(C)cc1. The molecule has 0 heterocycles. The molecule has 0 saturated heterocycles. The van der Waals surface area contributed by atoms with Gasteiger partial charge < -0.3 is 20.5 Å². The number of nitrogens with one attached hydrogen (secondary N) is 2. The minimum atomic E-state index is 0.128. The molecule has 0 aliphatic carbocycles. The van der Waals surface area contributed by atoms with E-state index in [2.05, 4.69) is 46.8 Å². The molecular formula is C19H25N3O2. The third kappa shape index (κ3) is 5.19. The van der Waals surface area contributed by atoms with Crippen LogP contribution < -0.4 is 15.4 Å². The van der Waals surface area contributed by atoms with Gasteiger partial charge in [-0.1, -0.05) is 35.9 Å². The van der Waals surface area contributed by atoms with Gasteiger partial charge in [0.1, 0.15) is 0 Å². The second kappa shape index (κ2) is 8.82. The molecule has 0 aromatic heterocycles. The zero-order chi connectivity index (χ0) is 17.4. The molecule has 0 saturated carbocycles. The molecule has 2 aromatic rings. The average Bonchev–Trinajstić information content (AvgIpc) is 2.59. The highest BCUT2D eigenvalue weighted by Crippen LogP contribution is 2.26. The summed E-state index contributed by atoms with van der Waals surface area (Å²) in [5.41, 5.74) is 3.37. The van der Waals surface area contributed by atoms with E-state index in [4.69, 9.17) is 4.74 Å². The average molecular weight is 327 g/mol. The lowest BCUT2D eigenvalue weighted by Crippen LogP contribution is -2.36. The zero-order valence-corrected chi connectivity index (χ0v) is 14.5. The summed E-state index contributed by atoms with van der Waals surface area (Å²) in [6, 6.07) is 13.7. The van der Waals surface area contributed by atoms with Gasteiger partial charge >= 0.3 is 0 Å². The summed E-state index contributed by atoms with van der Waals surface area (Å²) in [5, 5.41) is 16.4. The van der Waals surface area contributed by atoms with Crippen LogP contribution in [0, 0.1) is 6.92 Å². The highest BCUT2D eigenvalue weighted by Gasteiger charge is 2.03. The summed E-state index contributed by atoms with van der Waals surface area (Å²) in [7, 11) is 1.53. The van der Waals surface area contributed by atoms with Crippen LogP contribution >= 0.6 is 0 Å². The molecule has 0 aliphatic rings. The Morgan fingerprint density at radius 2 is 1.79 bits per heavy atom. The van der Waals surface area contributed by atoms with Crippen molar-refractivity contribution in [3.8, 4) is 11.5 Å². The topological polar surface area (TPSA) is 65.9 Å². The first-order chi connectivity index (χ1) is 11.6. The van der Waals surface area contributed by atoms with Gasteiger partial charge in [-0.15, -0.1) is 0 Å². The maximum absolute atomic E-state index is 9.83. The molecule has 5 heteroatoms. The van der Waals surface area contributed by atoms with Crippen LogP contribution in [0.1, 0.15) is 23.6 Å². The summed E-state index contributed by atoms with van der Waals surface area (Å²) in [6.45, 7) is 6.07. The van der Waals surface area contributed by atoms with Gasteiger partial charge in [-0.3, -0.25) is 0 Å². The number of benzene rings is 2. The number of hydrogen-bond donors (Lipinski definition) is 3. The lowest BCUT2D eigenvalue weighted by Gasteiger charge is -2.12. The molecular weight excluding hydrogens is 302 g/mol. The quantitative estimate of drug-likeness (QED) is 0.564. The Kier molecular flexibility index (Phi) is 6.49. The number of phenolic OH excluding ortho intramolecular Hbond substituents is 1. The largest absolute Gasteiger partial charge is 0.504 e. The number of rotatable bonds is 6. The van der Waals surface area contributed by atoms with E-state index in [0.717, 1.165) is 18.1 Å². The van der Waals surface area contributed by atoms with E-state index in [9.17, 15) is 5.11 Å². The van der Waals surface area contributed by atoms with Gasteiger partial charge in [-0.25, -0.2) is 4.99 Å². The first kappa shape index (κ1) is 17.7. The number of phenols is 1. The molecule has 0 fully saturated rings. The number of nitrogens with zero attached hydrogens (tertiary/aromatic N) is 1. The third-order valence-electron chi connectivity index (χ3n) is 3.59. The van der Waals surface area contributed by atoms with E-state index in [1.165, 1.54) is 18.2 Å². The van der Waals surface area contributed by atoms with Crippen molar-refractivity contribution in [2.24, 2.45) is 4.99 Å². The molecule has 0 atom stereocenters. The van der Waals surface area contributed by atoms with Crippen molar-refractivity contribution in [2.75, 3.05) is 13.7 Å². The van der Waals surface area contributed by atoms with Crippen LogP contribution in [0.3, 0.4) is 0 Å². The van der Waals surface area contributed by atoms with Gasteiger partial charge in [-0.05, 0) is 37.1 Å². The highest BCUT2D eigenvalue weighted by molar-refractivity contribution is 5.79. The Bertz CT molecular complexity index is 682. The Labute approximate surface area is 143 Å². The number of ether oxygens (including phenoxy) is 1. The van der Waals surface area contributed by atoms with Crippen molar-refractivity contribution >= 4 is 5.96 Å². The molecule has 5 nitrogen and oxygen atoms in total. The maximum Gasteiger partial charge on any atom is 0.191 e. The summed E-state index contributed by atoms with van der Waals surface area (Å²) < 4.78 is 5.05. The lowest BCUT2D eigenvalue weighted by atomic mass is 10.1. The monoisotopic (exact) mass is 327 g/mol. The first-order valence-corrected chi connectivity index (χ1v) is 8.06. The van der Waals surface area contributed by atoms with Gasteiger partial charge in [0, 0.05) is 13.1 Å². The fourth-order valence-corrected chi connectivity index (χ4v) is 2.24. The normalized spacial score (nSPS) is 11.2. The maximum atomic E-state index is 9.83. The van der Waals surface area contributed by atoms with Crippen LogP contribution in [0.25, 0.3) is 0 Å². The number of aryl methyl sites for hydroxylation is 1. The Hall–Kier alpha value is -2.69. The van der Waals surface area contributed by atoms with Crippen LogP contribution in [0.2, 0.25) is 0 Å². The molecule has 2 rings (SSSR count). The van der Waals surface area contributed by atoms with Gasteiger partial charge in [0.2, 0.25) is 0 Å². The number of hydrogen-bond acceptors (Lipinski definition) is 3. The fraction of sp³-hybridized carbons (Fsp3) is 0.316. The van der Waals surface area contributed by atoms with Crippen molar-refractivity contribution in [3.05, 3.63) is 59.2 Å². The molecule has 128 valence electrons. The molecule has 0 unspecified atom stereocenters. The molecule has 0 amide bonds. The predicted molar refractivity (Wildman–Crippen MR) is 97.5 cm³/mol. The Balaban J connectivity index is 1.99. The van der Waals surface area contributed by atoms with E-state index < -0.39 is 0 Å². The van der Waals surface area contributed by atoms with E-state index in [1.54, 1.807) is 12.1 Å². The molecule has 0 spiro atoms. The molecule has 24 heavy (non-hydrogen) atoms. The van der Waals surface area contributed by atoms with Crippen LogP contribution in [-0.2, 0) is 13.1 Å². The number of aliphatic imine (C=N–C) groups is 1. The molecule has 3 N–H and O–H groups in total. The summed E-state index contributed by atoms with van der Waals surface area (Å²) >= 11 is 0. The number of aromatic hydroxyl groups is 1. The predicted octanol–water partition coefficient (Wildman–Crippen LogP) is 2.96. The minimum Gasteiger partial charge on any atom is -0.504 e. The summed E-state index contributed by atoms with van der Waals surface area (Å²) in [4.78, 5) is 4.56. The van der Waals surface area contributed by atoms with Gasteiger partial charge in [-0.2, -0.15) is 0 Å². The molecule has 2 aromatic carbocycles. The number of guanidine groups is 1. The van der Waals surface area contributed by atoms with Crippen LogP contribution in [0.15, 0.2) is 47.5 Å². The fourth-order valence-electron chi connectivity index (χ4n) is 2.24. The lowest BCUT2D eigenvalue weighted by molar-refractivity contribution is 0.373. The third-order valence-corrected chi connectivity index (χ3v) is 3.59. The van der Waals surface area contributed by atoms with Crippen LogP contribution in [-0.4, -0.2) is 24.7 Å². The van der Waals surface area contributed by atoms with Gasteiger partial charge in [0.05, 0.1) is 13.7 Å². The Morgan fingerprint density at radius 1 is 1.08 bits per heavy atom. The van der Waals surface area contributed by atoms with Crippen LogP contribution in [0.5, 0.6) is 11.5 Å². The van der Waals surface area contributed by atoms with E-state index in [0.29, 0.717) is 18.8 Å². The van der Waals surface area contributed by atoms with E-state index >= 15 is 0 Å². The van der Waals surface area contributed by atoms with Gasteiger partial charge in [0.15, 0.2) is 17.5 Å². The minimum absolute atomic E-state index is 0.128. The van der Waals surface area contributed by atoms with E-state index in [-0.39, 0.29) is 5.75 Å². The second-order valence-corrected chi connectivity index (χ2v) is 5.54. The van der Waals surface area contributed by atoms with Crippen LogP contribution in [0.4, 0.5) is 0 Å². The Morgan fingerprint density at radius 3 is 2.42 bits per heavy atom. The first-order valence-electron chi connectivity index (χ1n) is 8.06. The molecule has 0 radical (unpaired) electrons. The van der Waals surface area contributed by atoms with Crippen molar-refractivity contribution in [1.82, 2.24) is 10.6 Å². The van der Waals surface area contributed by atoms with Crippen molar-refractivity contribution in [1.29, 1.82) is 0 Å². The molecule has 0 aliphatic heterocycles. The van der Waals surface area contributed by atoms with Crippen molar-refractivity contribution in [2.45, 2.75) is 26.9 Å².